The molecule has 2 aromatic rings. The van der Waals surface area contributed by atoms with Crippen LogP contribution in [0.25, 0.3) is 0 Å². The summed E-state index contributed by atoms with van der Waals surface area (Å²) < 4.78 is 13.8. The van der Waals surface area contributed by atoms with E-state index in [2.05, 4.69) is 5.32 Å². The molecule has 0 spiro atoms. The number of rotatable bonds is 3. The Morgan fingerprint density at radius 3 is 2.64 bits per heavy atom. The smallest absolute Gasteiger partial charge is 0.239 e. The Kier molecular flexibility index (Phi) is 4.57. The molecule has 1 heterocycles. The van der Waals surface area contributed by atoms with Crippen LogP contribution in [0.4, 0.5) is 15.8 Å². The monoisotopic (exact) mass is 340 g/mol. The molecule has 4 nitrogen and oxygen atoms in total. The molecule has 0 saturated carbocycles. The molecule has 1 fully saturated rings. The molecule has 25 heavy (non-hydrogen) atoms. The zero-order valence-electron chi connectivity index (χ0n) is 14.6. The van der Waals surface area contributed by atoms with Crippen molar-refractivity contribution < 1.29 is 14.0 Å². The summed E-state index contributed by atoms with van der Waals surface area (Å²) in [6.45, 7) is 6.02. The highest BCUT2D eigenvalue weighted by atomic mass is 19.1. The Bertz CT molecular complexity index is 848. The number of carbonyl (C=O) groups excluding carboxylic acids is 2. The quantitative estimate of drug-likeness (QED) is 0.865. The van der Waals surface area contributed by atoms with Gasteiger partial charge in [-0.1, -0.05) is 12.1 Å². The summed E-state index contributed by atoms with van der Waals surface area (Å²) in [5.74, 6) is -1.70. The maximum atomic E-state index is 13.8. The molecule has 0 bridgehead atoms. The maximum Gasteiger partial charge on any atom is 0.239 e. The molecule has 0 aromatic heterocycles. The van der Waals surface area contributed by atoms with Gasteiger partial charge in [-0.15, -0.1) is 0 Å². The zero-order chi connectivity index (χ0) is 18.1. The number of nitrogens with zero attached hydrogens (tertiary/aromatic N) is 1. The fourth-order valence-electron chi connectivity index (χ4n) is 3.10. The SMILES string of the molecule is Cc1ccc(NC(=O)C2CCN(c3cccc(F)c3C)C2=O)cc1C. The van der Waals surface area contributed by atoms with Crippen molar-refractivity contribution in [3.63, 3.8) is 0 Å². The highest BCUT2D eigenvalue weighted by molar-refractivity contribution is 6.13. The molecular weight excluding hydrogens is 319 g/mol. The fraction of sp³-hybridized carbons (Fsp3) is 0.300. The Morgan fingerprint density at radius 2 is 1.92 bits per heavy atom. The van der Waals surface area contributed by atoms with Crippen LogP contribution in [0.2, 0.25) is 0 Å². The lowest BCUT2D eigenvalue weighted by atomic mass is 10.1. The molecule has 1 atom stereocenters. The Morgan fingerprint density at radius 1 is 1.16 bits per heavy atom. The van der Waals surface area contributed by atoms with Crippen molar-refractivity contribution in [3.8, 4) is 0 Å². The van der Waals surface area contributed by atoms with Crippen molar-refractivity contribution in [2.45, 2.75) is 27.2 Å². The summed E-state index contributed by atoms with van der Waals surface area (Å²) in [4.78, 5) is 26.7. The largest absolute Gasteiger partial charge is 0.325 e. The molecule has 1 aliphatic heterocycles. The minimum Gasteiger partial charge on any atom is -0.325 e. The van der Waals surface area contributed by atoms with Gasteiger partial charge < -0.3 is 10.2 Å². The van der Waals surface area contributed by atoms with Crippen LogP contribution in [-0.4, -0.2) is 18.4 Å². The van der Waals surface area contributed by atoms with Gasteiger partial charge in [-0.05, 0) is 62.6 Å². The lowest BCUT2D eigenvalue weighted by molar-refractivity contribution is -0.129. The molecule has 0 aliphatic carbocycles. The van der Waals surface area contributed by atoms with E-state index >= 15 is 0 Å². The molecule has 3 rings (SSSR count). The van der Waals surface area contributed by atoms with Crippen molar-refractivity contribution in [2.24, 2.45) is 5.92 Å². The summed E-state index contributed by atoms with van der Waals surface area (Å²) >= 11 is 0. The second-order valence-electron chi connectivity index (χ2n) is 6.50. The fourth-order valence-corrected chi connectivity index (χ4v) is 3.10. The van der Waals surface area contributed by atoms with E-state index in [-0.39, 0.29) is 17.6 Å². The van der Waals surface area contributed by atoms with Crippen LogP contribution in [0.1, 0.15) is 23.1 Å². The lowest BCUT2D eigenvalue weighted by Crippen LogP contribution is -2.33. The normalized spacial score (nSPS) is 17.0. The predicted molar refractivity (Wildman–Crippen MR) is 96.1 cm³/mol. The summed E-state index contributed by atoms with van der Waals surface area (Å²) in [7, 11) is 0. The number of hydrogen-bond acceptors (Lipinski definition) is 2. The molecule has 0 radical (unpaired) electrons. The zero-order valence-corrected chi connectivity index (χ0v) is 14.6. The van der Waals surface area contributed by atoms with Gasteiger partial charge in [0, 0.05) is 23.5 Å². The van der Waals surface area contributed by atoms with Crippen molar-refractivity contribution in [1.29, 1.82) is 0 Å². The van der Waals surface area contributed by atoms with Gasteiger partial charge in [0.25, 0.3) is 0 Å². The predicted octanol–water partition coefficient (Wildman–Crippen LogP) is 3.74. The summed E-state index contributed by atoms with van der Waals surface area (Å²) in [5.41, 5.74) is 3.86. The molecule has 1 unspecified atom stereocenters. The second kappa shape index (κ2) is 6.67. The number of hydrogen-bond donors (Lipinski definition) is 1. The number of benzene rings is 2. The molecule has 1 saturated heterocycles. The number of carbonyl (C=O) groups is 2. The van der Waals surface area contributed by atoms with Crippen molar-refractivity contribution in [2.75, 3.05) is 16.8 Å². The van der Waals surface area contributed by atoms with E-state index in [1.54, 1.807) is 19.1 Å². The van der Waals surface area contributed by atoms with E-state index in [9.17, 15) is 14.0 Å². The van der Waals surface area contributed by atoms with Gasteiger partial charge >= 0.3 is 0 Å². The van der Waals surface area contributed by atoms with Crippen LogP contribution in [0, 0.1) is 32.5 Å². The minimum absolute atomic E-state index is 0.282. The molecule has 2 amide bonds. The average Bonchev–Trinajstić information content (AvgIpc) is 2.95. The lowest BCUT2D eigenvalue weighted by Gasteiger charge is -2.19. The standard InChI is InChI=1S/C20H21FN2O2/c1-12-7-8-15(11-13(12)2)22-19(24)16-9-10-23(20(16)25)18-6-4-5-17(21)14(18)3/h4-8,11,16H,9-10H2,1-3H3,(H,22,24). The Balaban J connectivity index is 1.76. The van der Waals surface area contributed by atoms with Crippen molar-refractivity contribution in [3.05, 3.63) is 58.9 Å². The number of amides is 2. The van der Waals surface area contributed by atoms with E-state index in [4.69, 9.17) is 0 Å². The van der Waals surface area contributed by atoms with Crippen LogP contribution in [0.15, 0.2) is 36.4 Å². The summed E-state index contributed by atoms with van der Waals surface area (Å²) in [6, 6.07) is 10.3. The van der Waals surface area contributed by atoms with E-state index in [1.807, 2.05) is 32.0 Å². The number of aryl methyl sites for hydroxylation is 2. The van der Waals surface area contributed by atoms with Gasteiger partial charge in [-0.3, -0.25) is 9.59 Å². The van der Waals surface area contributed by atoms with Gasteiger partial charge in [-0.2, -0.15) is 0 Å². The van der Waals surface area contributed by atoms with Crippen LogP contribution >= 0.6 is 0 Å². The third kappa shape index (κ3) is 3.27. The topological polar surface area (TPSA) is 49.4 Å². The minimum atomic E-state index is -0.746. The third-order valence-corrected chi connectivity index (χ3v) is 4.83. The summed E-state index contributed by atoms with van der Waals surface area (Å²) in [5, 5.41) is 2.82. The van der Waals surface area contributed by atoms with Gasteiger partial charge in [0.15, 0.2) is 0 Å². The van der Waals surface area contributed by atoms with Crippen molar-refractivity contribution in [1.82, 2.24) is 0 Å². The first-order chi connectivity index (χ1) is 11.9. The maximum absolute atomic E-state index is 13.8. The molecule has 130 valence electrons. The Labute approximate surface area is 146 Å². The first-order valence-electron chi connectivity index (χ1n) is 8.33. The van der Waals surface area contributed by atoms with E-state index in [0.717, 1.165) is 11.1 Å². The molecule has 1 aliphatic rings. The number of anilines is 2. The van der Waals surface area contributed by atoms with E-state index in [1.165, 1.54) is 11.0 Å². The molecule has 2 aromatic carbocycles. The van der Waals surface area contributed by atoms with Gasteiger partial charge in [0.05, 0.1) is 0 Å². The first-order valence-corrected chi connectivity index (χ1v) is 8.33. The highest BCUT2D eigenvalue weighted by Gasteiger charge is 2.38. The molecule has 5 heteroatoms. The van der Waals surface area contributed by atoms with Gasteiger partial charge in [-0.25, -0.2) is 4.39 Å². The van der Waals surface area contributed by atoms with Crippen LogP contribution in [0.5, 0.6) is 0 Å². The van der Waals surface area contributed by atoms with Crippen LogP contribution in [-0.2, 0) is 9.59 Å². The van der Waals surface area contributed by atoms with Gasteiger partial charge in [0.2, 0.25) is 11.8 Å². The number of halogens is 1. The van der Waals surface area contributed by atoms with E-state index in [0.29, 0.717) is 29.9 Å². The van der Waals surface area contributed by atoms with Gasteiger partial charge in [0.1, 0.15) is 11.7 Å². The Hall–Kier alpha value is -2.69. The van der Waals surface area contributed by atoms with Crippen molar-refractivity contribution >= 4 is 23.2 Å². The average molecular weight is 340 g/mol. The number of nitrogens with one attached hydrogen (secondary N) is 1. The highest BCUT2D eigenvalue weighted by Crippen LogP contribution is 2.30. The van der Waals surface area contributed by atoms with Crippen LogP contribution < -0.4 is 10.2 Å². The summed E-state index contributed by atoms with van der Waals surface area (Å²) in [6.07, 6.45) is 0.422. The molecule has 1 N–H and O–H groups in total. The first kappa shape index (κ1) is 17.1. The van der Waals surface area contributed by atoms with E-state index < -0.39 is 5.92 Å². The second-order valence-corrected chi connectivity index (χ2v) is 6.50. The molecular formula is C20H21FN2O2. The van der Waals surface area contributed by atoms with Crippen LogP contribution in [0.3, 0.4) is 0 Å². The third-order valence-electron chi connectivity index (χ3n) is 4.83.